The summed E-state index contributed by atoms with van der Waals surface area (Å²) in [5.41, 5.74) is 0. The molecule has 0 atom stereocenters. The van der Waals surface area contributed by atoms with Gasteiger partial charge in [-0.3, -0.25) is 0 Å². The summed E-state index contributed by atoms with van der Waals surface area (Å²) >= 11 is 0. The SMILES string of the molecule is CCCO[Si]1(CC)CCC1. The quantitative estimate of drug-likeness (QED) is 0.572. The van der Waals surface area contributed by atoms with Crippen molar-refractivity contribution in [1.29, 1.82) is 0 Å². The van der Waals surface area contributed by atoms with Crippen molar-refractivity contribution in [3.8, 4) is 0 Å². The van der Waals surface area contributed by atoms with Crippen molar-refractivity contribution >= 4 is 8.32 Å². The molecule has 60 valence electrons. The predicted molar refractivity (Wildman–Crippen MR) is 46.7 cm³/mol. The van der Waals surface area contributed by atoms with E-state index < -0.39 is 8.32 Å². The first kappa shape index (κ1) is 8.28. The van der Waals surface area contributed by atoms with E-state index in [1.54, 1.807) is 0 Å². The average molecular weight is 158 g/mol. The maximum Gasteiger partial charge on any atom is 0.192 e. The summed E-state index contributed by atoms with van der Waals surface area (Å²) in [6.45, 7) is 5.50. The van der Waals surface area contributed by atoms with Gasteiger partial charge in [0.25, 0.3) is 0 Å². The lowest BCUT2D eigenvalue weighted by Gasteiger charge is -2.38. The Bertz CT molecular complexity index is 93.9. The lowest BCUT2D eigenvalue weighted by molar-refractivity contribution is 0.285. The summed E-state index contributed by atoms with van der Waals surface area (Å²) in [6, 6.07) is 4.21. The summed E-state index contributed by atoms with van der Waals surface area (Å²) in [5.74, 6) is 0. The first-order valence-corrected chi connectivity index (χ1v) is 7.00. The van der Waals surface area contributed by atoms with Crippen LogP contribution in [0.2, 0.25) is 18.1 Å². The molecule has 0 radical (unpaired) electrons. The molecule has 0 N–H and O–H groups in total. The van der Waals surface area contributed by atoms with Crippen LogP contribution in [-0.2, 0) is 4.43 Å². The molecular weight excluding hydrogens is 140 g/mol. The van der Waals surface area contributed by atoms with Gasteiger partial charge in [-0.2, -0.15) is 0 Å². The van der Waals surface area contributed by atoms with E-state index in [4.69, 9.17) is 4.43 Å². The van der Waals surface area contributed by atoms with Gasteiger partial charge in [0.15, 0.2) is 8.32 Å². The van der Waals surface area contributed by atoms with E-state index in [-0.39, 0.29) is 0 Å². The predicted octanol–water partition coefficient (Wildman–Crippen LogP) is 2.78. The van der Waals surface area contributed by atoms with Crippen molar-refractivity contribution in [3.05, 3.63) is 0 Å². The van der Waals surface area contributed by atoms with Crippen LogP contribution >= 0.6 is 0 Å². The summed E-state index contributed by atoms with van der Waals surface area (Å²) in [6.07, 6.45) is 2.62. The zero-order chi connectivity index (χ0) is 7.45. The highest BCUT2D eigenvalue weighted by molar-refractivity contribution is 6.76. The first-order valence-electron chi connectivity index (χ1n) is 4.47. The summed E-state index contributed by atoms with van der Waals surface area (Å²) in [4.78, 5) is 0. The molecule has 0 aromatic rings. The highest BCUT2D eigenvalue weighted by atomic mass is 28.4. The normalized spacial score (nSPS) is 22.2. The minimum Gasteiger partial charge on any atom is -0.417 e. The molecule has 0 spiro atoms. The fourth-order valence-corrected chi connectivity index (χ4v) is 4.47. The largest absolute Gasteiger partial charge is 0.417 e. The third kappa shape index (κ3) is 1.61. The Labute approximate surface area is 64.9 Å². The summed E-state index contributed by atoms with van der Waals surface area (Å²) in [5, 5.41) is 0. The Morgan fingerprint density at radius 2 is 2.00 bits per heavy atom. The van der Waals surface area contributed by atoms with Gasteiger partial charge in [-0.1, -0.05) is 20.3 Å². The molecule has 0 aromatic carbocycles. The van der Waals surface area contributed by atoms with Gasteiger partial charge < -0.3 is 4.43 Å². The molecule has 1 nitrogen and oxygen atoms in total. The Morgan fingerprint density at radius 1 is 1.30 bits per heavy atom. The van der Waals surface area contributed by atoms with Crippen molar-refractivity contribution in [3.63, 3.8) is 0 Å². The zero-order valence-corrected chi connectivity index (χ0v) is 8.15. The van der Waals surface area contributed by atoms with Crippen molar-refractivity contribution in [1.82, 2.24) is 0 Å². The van der Waals surface area contributed by atoms with Gasteiger partial charge in [-0.15, -0.1) is 0 Å². The molecule has 0 unspecified atom stereocenters. The zero-order valence-electron chi connectivity index (χ0n) is 7.15. The second-order valence-corrected chi connectivity index (χ2v) is 7.60. The molecule has 1 heterocycles. The third-order valence-corrected chi connectivity index (χ3v) is 7.16. The van der Waals surface area contributed by atoms with Gasteiger partial charge in [0, 0.05) is 6.61 Å². The average Bonchev–Trinajstić information content (AvgIpc) is 1.87. The fourth-order valence-electron chi connectivity index (χ4n) is 1.49. The van der Waals surface area contributed by atoms with Gasteiger partial charge in [0.05, 0.1) is 0 Å². The molecule has 1 aliphatic heterocycles. The topological polar surface area (TPSA) is 9.23 Å². The highest BCUT2D eigenvalue weighted by Gasteiger charge is 2.39. The van der Waals surface area contributed by atoms with Crippen molar-refractivity contribution in [2.24, 2.45) is 0 Å². The van der Waals surface area contributed by atoms with E-state index in [1.807, 2.05) is 0 Å². The number of hydrogen-bond donors (Lipinski definition) is 0. The van der Waals surface area contributed by atoms with E-state index >= 15 is 0 Å². The molecule has 10 heavy (non-hydrogen) atoms. The van der Waals surface area contributed by atoms with Crippen molar-refractivity contribution in [2.45, 2.75) is 44.8 Å². The van der Waals surface area contributed by atoms with Crippen molar-refractivity contribution in [2.75, 3.05) is 6.61 Å². The second kappa shape index (κ2) is 3.53. The molecule has 0 bridgehead atoms. The van der Waals surface area contributed by atoms with E-state index in [2.05, 4.69) is 13.8 Å². The third-order valence-electron chi connectivity index (χ3n) is 2.52. The van der Waals surface area contributed by atoms with Crippen LogP contribution in [-0.4, -0.2) is 14.9 Å². The van der Waals surface area contributed by atoms with Gasteiger partial charge in [-0.05, 0) is 24.6 Å². The summed E-state index contributed by atoms with van der Waals surface area (Å²) in [7, 11) is -1.04. The van der Waals surface area contributed by atoms with Crippen LogP contribution in [0.25, 0.3) is 0 Å². The number of hydrogen-bond acceptors (Lipinski definition) is 1. The fraction of sp³-hybridized carbons (Fsp3) is 1.00. The lowest BCUT2D eigenvalue weighted by Crippen LogP contribution is -2.44. The van der Waals surface area contributed by atoms with Crippen LogP contribution < -0.4 is 0 Å². The standard InChI is InChI=1S/C8H18OSi/c1-3-6-9-10(4-2)7-5-8-10/h3-8H2,1-2H3. The molecule has 1 fully saturated rings. The molecule has 2 heteroatoms. The van der Waals surface area contributed by atoms with E-state index in [0.717, 1.165) is 6.61 Å². The van der Waals surface area contributed by atoms with E-state index in [0.29, 0.717) is 0 Å². The molecule has 0 amide bonds. The molecule has 0 aromatic heterocycles. The molecule has 1 saturated heterocycles. The molecule has 0 aliphatic carbocycles. The second-order valence-electron chi connectivity index (χ2n) is 3.24. The van der Waals surface area contributed by atoms with Crippen LogP contribution in [0.5, 0.6) is 0 Å². The Morgan fingerprint density at radius 3 is 2.30 bits per heavy atom. The summed E-state index contributed by atoms with van der Waals surface area (Å²) < 4.78 is 5.90. The lowest BCUT2D eigenvalue weighted by atomic mass is 10.5. The molecule has 1 aliphatic rings. The van der Waals surface area contributed by atoms with Crippen LogP contribution in [0.15, 0.2) is 0 Å². The maximum atomic E-state index is 5.90. The van der Waals surface area contributed by atoms with E-state index in [1.165, 1.54) is 31.0 Å². The van der Waals surface area contributed by atoms with Gasteiger partial charge in [0.2, 0.25) is 0 Å². The van der Waals surface area contributed by atoms with Gasteiger partial charge in [-0.25, -0.2) is 0 Å². The Balaban J connectivity index is 2.20. The molecular formula is C8H18OSi. The highest BCUT2D eigenvalue weighted by Crippen LogP contribution is 2.36. The monoisotopic (exact) mass is 158 g/mol. The molecule has 0 saturated carbocycles. The van der Waals surface area contributed by atoms with Crippen molar-refractivity contribution < 1.29 is 4.43 Å². The minimum absolute atomic E-state index is 1.01. The van der Waals surface area contributed by atoms with Gasteiger partial charge in [0.1, 0.15) is 0 Å². The van der Waals surface area contributed by atoms with Crippen LogP contribution in [0.1, 0.15) is 26.7 Å². The number of rotatable bonds is 4. The van der Waals surface area contributed by atoms with Crippen LogP contribution in [0.4, 0.5) is 0 Å². The molecule has 1 rings (SSSR count). The first-order chi connectivity index (χ1) is 4.83. The van der Waals surface area contributed by atoms with Crippen LogP contribution in [0, 0.1) is 0 Å². The Hall–Kier alpha value is 0.177. The maximum absolute atomic E-state index is 5.90. The van der Waals surface area contributed by atoms with Crippen LogP contribution in [0.3, 0.4) is 0 Å². The Kier molecular flexibility index (Phi) is 2.92. The van der Waals surface area contributed by atoms with E-state index in [9.17, 15) is 0 Å². The van der Waals surface area contributed by atoms with Gasteiger partial charge >= 0.3 is 0 Å². The minimum atomic E-state index is -1.04. The smallest absolute Gasteiger partial charge is 0.192 e.